The Morgan fingerprint density at radius 2 is 2.20 bits per heavy atom. The van der Waals surface area contributed by atoms with Crippen molar-refractivity contribution in [1.82, 2.24) is 4.57 Å². The van der Waals surface area contributed by atoms with Gasteiger partial charge in [0.15, 0.2) is 6.29 Å². The first-order valence-electron chi connectivity index (χ1n) is 5.33. The summed E-state index contributed by atoms with van der Waals surface area (Å²) in [5, 5.41) is 0. The van der Waals surface area contributed by atoms with E-state index in [1.165, 1.54) is 0 Å². The van der Waals surface area contributed by atoms with E-state index in [1.54, 1.807) is 0 Å². The van der Waals surface area contributed by atoms with Crippen molar-refractivity contribution < 1.29 is 9.53 Å². The van der Waals surface area contributed by atoms with Crippen molar-refractivity contribution in [3.05, 3.63) is 23.0 Å². The van der Waals surface area contributed by atoms with Crippen LogP contribution in [0.2, 0.25) is 0 Å². The molecule has 0 amide bonds. The number of ether oxygens (including phenoxy) is 1. The van der Waals surface area contributed by atoms with Gasteiger partial charge in [-0.05, 0) is 33.8 Å². The number of aryl methyl sites for hydroxylation is 1. The average Bonchev–Trinajstić information content (AvgIpc) is 2.45. The van der Waals surface area contributed by atoms with Gasteiger partial charge in [-0.15, -0.1) is 0 Å². The molecule has 0 bridgehead atoms. The summed E-state index contributed by atoms with van der Waals surface area (Å²) in [5.41, 5.74) is 2.91. The van der Waals surface area contributed by atoms with Crippen molar-refractivity contribution >= 4 is 6.29 Å². The molecular formula is C12H19NO2. The SMILES string of the molecule is CCOC(C)Cn1c(C)cc(C=O)c1C. The molecule has 1 heterocycles. The normalized spacial score (nSPS) is 12.8. The van der Waals surface area contributed by atoms with Gasteiger partial charge in [-0.25, -0.2) is 0 Å². The molecule has 0 aliphatic heterocycles. The molecule has 1 atom stereocenters. The van der Waals surface area contributed by atoms with E-state index in [9.17, 15) is 4.79 Å². The van der Waals surface area contributed by atoms with E-state index in [2.05, 4.69) is 4.57 Å². The van der Waals surface area contributed by atoms with Gasteiger partial charge in [0.1, 0.15) is 0 Å². The van der Waals surface area contributed by atoms with Crippen LogP contribution in [0.25, 0.3) is 0 Å². The lowest BCUT2D eigenvalue weighted by Gasteiger charge is -2.15. The lowest BCUT2D eigenvalue weighted by atomic mass is 10.3. The summed E-state index contributed by atoms with van der Waals surface area (Å²) in [6.07, 6.45) is 1.09. The molecule has 0 radical (unpaired) electrons. The van der Waals surface area contributed by atoms with Gasteiger partial charge >= 0.3 is 0 Å². The molecular weight excluding hydrogens is 190 g/mol. The van der Waals surface area contributed by atoms with Crippen LogP contribution < -0.4 is 0 Å². The predicted octanol–water partition coefficient (Wildman–Crippen LogP) is 2.34. The fraction of sp³-hybridized carbons (Fsp3) is 0.583. The van der Waals surface area contributed by atoms with E-state index in [4.69, 9.17) is 4.74 Å². The number of aldehydes is 1. The minimum atomic E-state index is 0.180. The first kappa shape index (κ1) is 12.0. The van der Waals surface area contributed by atoms with Gasteiger partial charge in [0, 0.05) is 30.1 Å². The number of nitrogens with zero attached hydrogens (tertiary/aromatic N) is 1. The maximum absolute atomic E-state index is 10.8. The summed E-state index contributed by atoms with van der Waals surface area (Å²) >= 11 is 0. The Hall–Kier alpha value is -1.09. The predicted molar refractivity (Wildman–Crippen MR) is 60.4 cm³/mol. The highest BCUT2D eigenvalue weighted by molar-refractivity contribution is 5.77. The first-order valence-corrected chi connectivity index (χ1v) is 5.33. The number of carbonyl (C=O) groups excluding carboxylic acids is 1. The summed E-state index contributed by atoms with van der Waals surface area (Å²) < 4.78 is 7.62. The molecule has 15 heavy (non-hydrogen) atoms. The lowest BCUT2D eigenvalue weighted by Crippen LogP contribution is -2.18. The summed E-state index contributed by atoms with van der Waals surface area (Å²) in [7, 11) is 0. The Morgan fingerprint density at radius 3 is 2.67 bits per heavy atom. The maximum Gasteiger partial charge on any atom is 0.151 e. The monoisotopic (exact) mass is 209 g/mol. The Morgan fingerprint density at radius 1 is 1.53 bits per heavy atom. The minimum Gasteiger partial charge on any atom is -0.377 e. The summed E-state index contributed by atoms with van der Waals surface area (Å²) in [6.45, 7) is 9.54. The highest BCUT2D eigenvalue weighted by Gasteiger charge is 2.10. The second-order valence-electron chi connectivity index (χ2n) is 3.82. The van der Waals surface area contributed by atoms with Crippen molar-refractivity contribution in [2.45, 2.75) is 40.3 Å². The molecule has 0 aromatic carbocycles. The molecule has 0 N–H and O–H groups in total. The number of carbonyl (C=O) groups is 1. The standard InChI is InChI=1S/C12H19NO2/c1-5-15-10(3)7-13-9(2)6-12(8-14)11(13)4/h6,8,10H,5,7H2,1-4H3. The molecule has 0 aliphatic rings. The maximum atomic E-state index is 10.8. The zero-order valence-corrected chi connectivity index (χ0v) is 9.91. The Bertz CT molecular complexity index is 342. The molecule has 0 spiro atoms. The molecule has 0 saturated carbocycles. The zero-order valence-electron chi connectivity index (χ0n) is 9.91. The minimum absolute atomic E-state index is 0.180. The van der Waals surface area contributed by atoms with Crippen LogP contribution in [0.15, 0.2) is 6.07 Å². The largest absolute Gasteiger partial charge is 0.377 e. The zero-order chi connectivity index (χ0) is 11.4. The van der Waals surface area contributed by atoms with Crippen LogP contribution in [-0.4, -0.2) is 23.6 Å². The molecule has 1 aromatic heterocycles. The quantitative estimate of drug-likeness (QED) is 0.697. The van der Waals surface area contributed by atoms with E-state index >= 15 is 0 Å². The fourth-order valence-electron chi connectivity index (χ4n) is 1.82. The van der Waals surface area contributed by atoms with Crippen LogP contribution in [0, 0.1) is 13.8 Å². The van der Waals surface area contributed by atoms with Gasteiger partial charge in [0.25, 0.3) is 0 Å². The summed E-state index contributed by atoms with van der Waals surface area (Å²) in [4.78, 5) is 10.8. The van der Waals surface area contributed by atoms with Crippen LogP contribution in [0.1, 0.15) is 35.6 Å². The van der Waals surface area contributed by atoms with Crippen LogP contribution in [-0.2, 0) is 11.3 Å². The van der Waals surface area contributed by atoms with Gasteiger partial charge in [-0.2, -0.15) is 0 Å². The molecule has 1 aromatic rings. The van der Waals surface area contributed by atoms with Crippen LogP contribution in [0.5, 0.6) is 0 Å². The second kappa shape index (κ2) is 5.12. The first-order chi connectivity index (χ1) is 7.10. The molecule has 0 fully saturated rings. The van der Waals surface area contributed by atoms with E-state index in [-0.39, 0.29) is 6.10 Å². The van der Waals surface area contributed by atoms with Crippen LogP contribution in [0.3, 0.4) is 0 Å². The average molecular weight is 209 g/mol. The third-order valence-corrected chi connectivity index (χ3v) is 2.63. The van der Waals surface area contributed by atoms with Gasteiger partial charge in [0.05, 0.1) is 6.10 Å². The molecule has 3 heteroatoms. The van der Waals surface area contributed by atoms with Gasteiger partial charge in [-0.3, -0.25) is 4.79 Å². The molecule has 3 nitrogen and oxygen atoms in total. The third-order valence-electron chi connectivity index (χ3n) is 2.63. The number of hydrogen-bond donors (Lipinski definition) is 0. The lowest BCUT2D eigenvalue weighted by molar-refractivity contribution is 0.0633. The number of aromatic nitrogens is 1. The Kier molecular flexibility index (Phi) is 4.09. The topological polar surface area (TPSA) is 31.2 Å². The van der Waals surface area contributed by atoms with Crippen molar-refractivity contribution in [1.29, 1.82) is 0 Å². The van der Waals surface area contributed by atoms with E-state index in [0.717, 1.165) is 36.4 Å². The van der Waals surface area contributed by atoms with Crippen molar-refractivity contribution in [3.8, 4) is 0 Å². The van der Waals surface area contributed by atoms with Gasteiger partial charge in [0.2, 0.25) is 0 Å². The van der Waals surface area contributed by atoms with Crippen LogP contribution in [0.4, 0.5) is 0 Å². The Balaban J connectivity index is 2.84. The fourth-order valence-corrected chi connectivity index (χ4v) is 1.82. The van der Waals surface area contributed by atoms with Crippen molar-refractivity contribution in [3.63, 3.8) is 0 Å². The molecule has 0 saturated heterocycles. The molecule has 0 aliphatic carbocycles. The smallest absolute Gasteiger partial charge is 0.151 e. The van der Waals surface area contributed by atoms with Crippen molar-refractivity contribution in [2.75, 3.05) is 6.61 Å². The molecule has 84 valence electrons. The van der Waals surface area contributed by atoms with E-state index in [1.807, 2.05) is 33.8 Å². The summed E-state index contributed by atoms with van der Waals surface area (Å²) in [5.74, 6) is 0. The molecule has 1 rings (SSSR count). The number of hydrogen-bond acceptors (Lipinski definition) is 2. The highest BCUT2D eigenvalue weighted by atomic mass is 16.5. The highest BCUT2D eigenvalue weighted by Crippen LogP contribution is 2.14. The van der Waals surface area contributed by atoms with E-state index in [0.29, 0.717) is 0 Å². The van der Waals surface area contributed by atoms with Gasteiger partial charge in [-0.1, -0.05) is 0 Å². The molecule has 1 unspecified atom stereocenters. The van der Waals surface area contributed by atoms with Crippen molar-refractivity contribution in [2.24, 2.45) is 0 Å². The third kappa shape index (κ3) is 2.69. The number of rotatable bonds is 5. The van der Waals surface area contributed by atoms with Gasteiger partial charge < -0.3 is 9.30 Å². The van der Waals surface area contributed by atoms with Crippen LogP contribution >= 0.6 is 0 Å². The summed E-state index contributed by atoms with van der Waals surface area (Å²) in [6, 6.07) is 1.92. The van der Waals surface area contributed by atoms with E-state index < -0.39 is 0 Å². The second-order valence-corrected chi connectivity index (χ2v) is 3.82. The Labute approximate surface area is 91.0 Å².